The number of ether oxygens (including phenoxy) is 1. The predicted octanol–water partition coefficient (Wildman–Crippen LogP) is 6.61. The Morgan fingerprint density at radius 3 is 2.30 bits per heavy atom. The molecule has 0 N–H and O–H groups in total. The third kappa shape index (κ3) is 4.64. The number of alkyl halides is 3. The first-order valence-electron chi connectivity index (χ1n) is 13.3. The van der Waals surface area contributed by atoms with Crippen LogP contribution in [0.2, 0.25) is 0 Å². The Kier molecular flexibility index (Phi) is 6.61. The molecule has 0 saturated carbocycles. The van der Waals surface area contributed by atoms with Crippen molar-refractivity contribution in [1.82, 2.24) is 8.87 Å². The van der Waals surface area contributed by atoms with E-state index in [1.54, 1.807) is 37.3 Å². The molecule has 11 heteroatoms. The molecule has 0 atom stereocenters. The van der Waals surface area contributed by atoms with Crippen molar-refractivity contribution in [3.05, 3.63) is 112 Å². The first kappa shape index (κ1) is 28.5. The standard InChI is InChI=1S/C32H25F3N2O5S/c1-18-5-4-6-23(13-18)43(40,41)37-26-12-7-19(2)14-24(26)28-27-21(15-25(29(28)37)31(39)42-3)17-36(30(27)38)16-20-8-10-22(11-9-20)32(33,34)35/h4-15H,16-17H2,1-3H3. The first-order valence-corrected chi connectivity index (χ1v) is 14.7. The Bertz CT molecular complexity index is 2080. The minimum Gasteiger partial charge on any atom is -0.465 e. The van der Waals surface area contributed by atoms with E-state index in [1.807, 2.05) is 6.92 Å². The topological polar surface area (TPSA) is 85.7 Å². The van der Waals surface area contributed by atoms with Crippen molar-refractivity contribution in [2.24, 2.45) is 0 Å². The third-order valence-electron chi connectivity index (χ3n) is 7.67. The second-order valence-corrected chi connectivity index (χ2v) is 12.4. The summed E-state index contributed by atoms with van der Waals surface area (Å²) in [4.78, 5) is 28.6. The molecule has 1 aromatic heterocycles. The van der Waals surface area contributed by atoms with E-state index in [0.29, 0.717) is 21.9 Å². The van der Waals surface area contributed by atoms with Gasteiger partial charge in [0.2, 0.25) is 0 Å². The lowest BCUT2D eigenvalue weighted by Gasteiger charge is -2.16. The number of fused-ring (bicyclic) bond motifs is 5. The summed E-state index contributed by atoms with van der Waals surface area (Å²) < 4.78 is 73.9. The summed E-state index contributed by atoms with van der Waals surface area (Å²) in [5.41, 5.74) is 2.23. The molecule has 4 aromatic carbocycles. The lowest BCUT2D eigenvalue weighted by atomic mass is 9.98. The molecule has 220 valence electrons. The fourth-order valence-corrected chi connectivity index (χ4v) is 7.34. The Balaban J connectivity index is 1.60. The van der Waals surface area contributed by atoms with Gasteiger partial charge in [-0.05, 0) is 73.0 Å². The summed E-state index contributed by atoms with van der Waals surface area (Å²) in [5, 5.41) is 0.769. The molecule has 0 saturated heterocycles. The maximum Gasteiger partial charge on any atom is 0.416 e. The lowest BCUT2D eigenvalue weighted by molar-refractivity contribution is -0.137. The highest BCUT2D eigenvalue weighted by Gasteiger charge is 2.37. The van der Waals surface area contributed by atoms with Crippen LogP contribution in [0.25, 0.3) is 21.8 Å². The molecule has 1 amide bonds. The molecule has 2 heterocycles. The van der Waals surface area contributed by atoms with E-state index >= 15 is 0 Å². The van der Waals surface area contributed by atoms with Crippen LogP contribution < -0.4 is 0 Å². The average molecular weight is 607 g/mol. The van der Waals surface area contributed by atoms with Gasteiger partial charge in [0, 0.05) is 23.9 Å². The van der Waals surface area contributed by atoms with Crippen LogP contribution in [0.3, 0.4) is 0 Å². The average Bonchev–Trinajstić information content (AvgIpc) is 3.46. The molecule has 7 nitrogen and oxygen atoms in total. The van der Waals surface area contributed by atoms with Gasteiger partial charge in [-0.2, -0.15) is 13.2 Å². The van der Waals surface area contributed by atoms with Crippen LogP contribution in [0.15, 0.2) is 77.7 Å². The summed E-state index contributed by atoms with van der Waals surface area (Å²) in [6.45, 7) is 3.68. The van der Waals surface area contributed by atoms with Crippen LogP contribution in [0.1, 0.15) is 48.5 Å². The number of hydrogen-bond acceptors (Lipinski definition) is 5. The van der Waals surface area contributed by atoms with Crippen molar-refractivity contribution >= 4 is 43.7 Å². The molecular weight excluding hydrogens is 581 g/mol. The number of methoxy groups -OCH3 is 1. The minimum atomic E-state index is -4.49. The van der Waals surface area contributed by atoms with Crippen molar-refractivity contribution in [1.29, 1.82) is 0 Å². The van der Waals surface area contributed by atoms with Gasteiger partial charge >= 0.3 is 12.1 Å². The highest BCUT2D eigenvalue weighted by atomic mass is 32.2. The van der Waals surface area contributed by atoms with Crippen LogP contribution in [0.5, 0.6) is 0 Å². The van der Waals surface area contributed by atoms with Crippen LogP contribution in [0, 0.1) is 13.8 Å². The van der Waals surface area contributed by atoms with Crippen molar-refractivity contribution in [2.45, 2.75) is 38.0 Å². The Morgan fingerprint density at radius 2 is 1.65 bits per heavy atom. The molecule has 1 aliphatic rings. The molecule has 5 aromatic rings. The summed E-state index contributed by atoms with van der Waals surface area (Å²) >= 11 is 0. The van der Waals surface area contributed by atoms with E-state index in [0.717, 1.165) is 27.2 Å². The lowest BCUT2D eigenvalue weighted by Crippen LogP contribution is -2.23. The van der Waals surface area contributed by atoms with Gasteiger partial charge in [-0.15, -0.1) is 0 Å². The van der Waals surface area contributed by atoms with Gasteiger partial charge in [0.1, 0.15) is 0 Å². The number of aromatic nitrogens is 1. The van der Waals surface area contributed by atoms with Gasteiger partial charge in [-0.25, -0.2) is 17.2 Å². The Hall–Kier alpha value is -4.64. The highest BCUT2D eigenvalue weighted by Crippen LogP contribution is 2.42. The highest BCUT2D eigenvalue weighted by molar-refractivity contribution is 7.90. The van der Waals surface area contributed by atoms with Crippen LogP contribution >= 0.6 is 0 Å². The molecule has 1 aliphatic heterocycles. The number of benzene rings is 4. The van der Waals surface area contributed by atoms with E-state index < -0.39 is 33.6 Å². The summed E-state index contributed by atoms with van der Waals surface area (Å²) in [7, 11) is -3.08. The quantitative estimate of drug-likeness (QED) is 0.210. The second-order valence-electron chi connectivity index (χ2n) is 10.6. The van der Waals surface area contributed by atoms with Gasteiger partial charge in [0.05, 0.1) is 39.7 Å². The predicted molar refractivity (Wildman–Crippen MR) is 154 cm³/mol. The molecule has 43 heavy (non-hydrogen) atoms. The summed E-state index contributed by atoms with van der Waals surface area (Å²) in [5.74, 6) is -1.20. The summed E-state index contributed by atoms with van der Waals surface area (Å²) in [6.07, 6.45) is -4.49. The van der Waals surface area contributed by atoms with E-state index in [1.165, 1.54) is 42.3 Å². The number of aryl methyl sites for hydroxylation is 2. The zero-order valence-electron chi connectivity index (χ0n) is 23.3. The number of amides is 1. The molecule has 0 radical (unpaired) electrons. The van der Waals surface area contributed by atoms with Gasteiger partial charge in [-0.3, -0.25) is 4.79 Å². The first-order chi connectivity index (χ1) is 20.3. The van der Waals surface area contributed by atoms with Crippen molar-refractivity contribution in [2.75, 3.05) is 7.11 Å². The van der Waals surface area contributed by atoms with Gasteiger partial charge in [-0.1, -0.05) is 35.9 Å². The zero-order valence-corrected chi connectivity index (χ0v) is 24.1. The second kappa shape index (κ2) is 9.98. The van der Waals surface area contributed by atoms with Crippen LogP contribution in [-0.4, -0.2) is 36.3 Å². The van der Waals surface area contributed by atoms with E-state index in [-0.39, 0.29) is 40.1 Å². The molecule has 0 bridgehead atoms. The number of halogens is 3. The molecule has 0 unspecified atom stereocenters. The fraction of sp³-hybridized carbons (Fsp3) is 0.188. The maximum atomic E-state index is 14.2. The minimum absolute atomic E-state index is 0.0125. The monoisotopic (exact) mass is 606 g/mol. The number of hydrogen-bond donors (Lipinski definition) is 0. The Morgan fingerprint density at radius 1 is 0.953 bits per heavy atom. The van der Waals surface area contributed by atoms with Gasteiger partial charge in [0.15, 0.2) is 0 Å². The third-order valence-corrected chi connectivity index (χ3v) is 9.38. The molecule has 6 rings (SSSR count). The number of carbonyl (C=O) groups excluding carboxylic acids is 2. The summed E-state index contributed by atoms with van der Waals surface area (Å²) in [6, 6.07) is 17.6. The van der Waals surface area contributed by atoms with E-state index in [2.05, 4.69) is 0 Å². The van der Waals surface area contributed by atoms with Crippen molar-refractivity contribution in [3.63, 3.8) is 0 Å². The number of nitrogens with zero attached hydrogens (tertiary/aromatic N) is 2. The van der Waals surface area contributed by atoms with Gasteiger partial charge < -0.3 is 9.64 Å². The number of rotatable bonds is 5. The zero-order chi connectivity index (χ0) is 30.8. The largest absolute Gasteiger partial charge is 0.465 e. The molecular formula is C32H25F3N2O5S. The SMILES string of the molecule is COC(=O)c1cc2c(c3c4cc(C)ccc4n(S(=O)(=O)c4cccc(C)c4)c13)C(=O)N(Cc1ccc(C(F)(F)F)cc1)C2. The van der Waals surface area contributed by atoms with Gasteiger partial charge in [0.25, 0.3) is 15.9 Å². The van der Waals surface area contributed by atoms with Crippen LogP contribution in [0.4, 0.5) is 13.2 Å². The molecule has 0 aliphatic carbocycles. The molecule has 0 fully saturated rings. The smallest absolute Gasteiger partial charge is 0.416 e. The van der Waals surface area contributed by atoms with Crippen molar-refractivity contribution in [3.8, 4) is 0 Å². The number of carbonyl (C=O) groups is 2. The normalized spacial score (nSPS) is 13.6. The van der Waals surface area contributed by atoms with Crippen LogP contribution in [-0.2, 0) is 34.0 Å². The maximum absolute atomic E-state index is 14.2. The van der Waals surface area contributed by atoms with Crippen molar-refractivity contribution < 1.29 is 35.9 Å². The Labute approximate surface area is 245 Å². The van der Waals surface area contributed by atoms with E-state index in [9.17, 15) is 31.2 Å². The molecule has 0 spiro atoms. The fourth-order valence-electron chi connectivity index (χ4n) is 5.70. The number of esters is 1. The van der Waals surface area contributed by atoms with E-state index in [4.69, 9.17) is 4.74 Å².